The van der Waals surface area contributed by atoms with E-state index < -0.39 is 4.92 Å². The minimum atomic E-state index is -0.418. The molecule has 0 bridgehead atoms. The third-order valence-corrected chi connectivity index (χ3v) is 3.31. The maximum Gasteiger partial charge on any atom is 0.283 e. The molecule has 0 amide bonds. The zero-order valence-electron chi connectivity index (χ0n) is 10.7. The lowest BCUT2D eigenvalue weighted by atomic mass is 10.2. The highest BCUT2D eigenvalue weighted by Crippen LogP contribution is 2.26. The van der Waals surface area contributed by atoms with Gasteiger partial charge in [0.2, 0.25) is 0 Å². The van der Waals surface area contributed by atoms with E-state index in [0.29, 0.717) is 30.7 Å². The maximum atomic E-state index is 10.9. The van der Waals surface area contributed by atoms with Gasteiger partial charge in [0.1, 0.15) is 0 Å². The predicted molar refractivity (Wildman–Crippen MR) is 75.0 cm³/mol. The molecule has 0 radical (unpaired) electrons. The third kappa shape index (κ3) is 5.23. The molecule has 1 aromatic carbocycles. The van der Waals surface area contributed by atoms with Gasteiger partial charge in [-0.05, 0) is 27.6 Å². The van der Waals surface area contributed by atoms with Crippen LogP contribution in [0.2, 0.25) is 0 Å². The molecule has 1 N–H and O–H groups in total. The van der Waals surface area contributed by atoms with Crippen molar-refractivity contribution in [2.24, 2.45) is 0 Å². The standard InChI is InChI=1S/C12H17BrN2O4/c1-19-7-5-14(4-6-16)9-10-2-3-11(13)12(8-10)15(17)18/h2-3,8,16H,4-7,9H2,1H3. The van der Waals surface area contributed by atoms with Crippen LogP contribution in [0.3, 0.4) is 0 Å². The van der Waals surface area contributed by atoms with E-state index in [1.54, 1.807) is 19.2 Å². The first kappa shape index (κ1) is 16.0. The average Bonchev–Trinajstić information content (AvgIpc) is 2.38. The molecule has 0 heterocycles. The number of methoxy groups -OCH3 is 1. The largest absolute Gasteiger partial charge is 0.395 e. The highest BCUT2D eigenvalue weighted by atomic mass is 79.9. The van der Waals surface area contributed by atoms with Gasteiger partial charge in [-0.25, -0.2) is 0 Å². The van der Waals surface area contributed by atoms with Crippen LogP contribution in [0.4, 0.5) is 5.69 Å². The van der Waals surface area contributed by atoms with Crippen molar-refractivity contribution < 1.29 is 14.8 Å². The van der Waals surface area contributed by atoms with E-state index in [2.05, 4.69) is 15.9 Å². The molecule has 0 fully saturated rings. The molecule has 106 valence electrons. The highest BCUT2D eigenvalue weighted by Gasteiger charge is 2.14. The van der Waals surface area contributed by atoms with Crippen molar-refractivity contribution >= 4 is 21.6 Å². The van der Waals surface area contributed by atoms with Gasteiger partial charge in [-0.1, -0.05) is 6.07 Å². The van der Waals surface area contributed by atoms with Crippen LogP contribution < -0.4 is 0 Å². The summed E-state index contributed by atoms with van der Waals surface area (Å²) in [5, 5.41) is 19.9. The summed E-state index contributed by atoms with van der Waals surface area (Å²) in [5.41, 5.74) is 0.882. The molecule has 0 unspecified atom stereocenters. The molecular formula is C12H17BrN2O4. The SMILES string of the molecule is COCCN(CCO)Cc1ccc(Br)c([N+](=O)[O-])c1. The van der Waals surface area contributed by atoms with Gasteiger partial charge in [0.05, 0.1) is 22.6 Å². The Morgan fingerprint density at radius 3 is 2.79 bits per heavy atom. The Morgan fingerprint density at radius 2 is 2.21 bits per heavy atom. The normalized spacial score (nSPS) is 10.9. The number of halogens is 1. The van der Waals surface area contributed by atoms with Crippen LogP contribution in [0.1, 0.15) is 5.56 Å². The number of aliphatic hydroxyl groups is 1. The Bertz CT molecular complexity index is 428. The fourth-order valence-corrected chi connectivity index (χ4v) is 2.08. The van der Waals surface area contributed by atoms with E-state index in [1.165, 1.54) is 0 Å². The second-order valence-corrected chi connectivity index (χ2v) is 4.89. The summed E-state index contributed by atoms with van der Waals surface area (Å²) >= 11 is 3.15. The fraction of sp³-hybridized carbons (Fsp3) is 0.500. The molecule has 0 aliphatic heterocycles. The fourth-order valence-electron chi connectivity index (χ4n) is 1.69. The van der Waals surface area contributed by atoms with Gasteiger partial charge >= 0.3 is 0 Å². The summed E-state index contributed by atoms with van der Waals surface area (Å²) in [6, 6.07) is 5.04. The van der Waals surface area contributed by atoms with Crippen LogP contribution in [-0.2, 0) is 11.3 Å². The van der Waals surface area contributed by atoms with Crippen molar-refractivity contribution in [2.75, 3.05) is 33.4 Å². The molecule has 0 saturated heterocycles. The van der Waals surface area contributed by atoms with Crippen molar-refractivity contribution in [1.82, 2.24) is 4.90 Å². The highest BCUT2D eigenvalue weighted by molar-refractivity contribution is 9.10. The number of benzene rings is 1. The summed E-state index contributed by atoms with van der Waals surface area (Å²) < 4.78 is 5.46. The van der Waals surface area contributed by atoms with E-state index in [9.17, 15) is 10.1 Å². The number of hydrogen-bond donors (Lipinski definition) is 1. The van der Waals surface area contributed by atoms with Crippen molar-refractivity contribution in [3.05, 3.63) is 38.3 Å². The molecule has 7 heteroatoms. The van der Waals surface area contributed by atoms with E-state index in [1.807, 2.05) is 11.0 Å². The third-order valence-electron chi connectivity index (χ3n) is 2.64. The minimum absolute atomic E-state index is 0.0440. The Morgan fingerprint density at radius 1 is 1.47 bits per heavy atom. The minimum Gasteiger partial charge on any atom is -0.395 e. The Hall–Kier alpha value is -1.02. The lowest BCUT2D eigenvalue weighted by Crippen LogP contribution is -2.29. The topological polar surface area (TPSA) is 75.8 Å². The molecule has 1 rings (SSSR count). The van der Waals surface area contributed by atoms with Gasteiger partial charge in [0.15, 0.2) is 0 Å². The first-order chi connectivity index (χ1) is 9.08. The first-order valence-corrected chi connectivity index (χ1v) is 6.62. The molecule has 6 nitrogen and oxygen atoms in total. The van der Waals surface area contributed by atoms with Gasteiger partial charge in [-0.3, -0.25) is 15.0 Å². The second-order valence-electron chi connectivity index (χ2n) is 4.04. The van der Waals surface area contributed by atoms with Crippen molar-refractivity contribution in [2.45, 2.75) is 6.54 Å². The predicted octanol–water partition coefficient (Wildman–Crippen LogP) is 1.80. The van der Waals surface area contributed by atoms with Gasteiger partial charge in [0.25, 0.3) is 5.69 Å². The number of aliphatic hydroxyl groups excluding tert-OH is 1. The summed E-state index contributed by atoms with van der Waals surface area (Å²) in [6.07, 6.45) is 0. The van der Waals surface area contributed by atoms with Crippen molar-refractivity contribution in [1.29, 1.82) is 0 Å². The zero-order chi connectivity index (χ0) is 14.3. The van der Waals surface area contributed by atoms with E-state index in [0.717, 1.165) is 5.56 Å². The summed E-state index contributed by atoms with van der Waals surface area (Å²) in [5.74, 6) is 0. The second kappa shape index (κ2) is 8.21. The van der Waals surface area contributed by atoms with Crippen LogP contribution in [-0.4, -0.2) is 48.3 Å². The summed E-state index contributed by atoms with van der Waals surface area (Å²) in [4.78, 5) is 12.4. The molecule has 0 aromatic heterocycles. The zero-order valence-corrected chi connectivity index (χ0v) is 12.3. The number of nitro groups is 1. The Labute approximate surface area is 120 Å². The lowest BCUT2D eigenvalue weighted by Gasteiger charge is -2.20. The van der Waals surface area contributed by atoms with Crippen LogP contribution in [0, 0.1) is 10.1 Å². The first-order valence-electron chi connectivity index (χ1n) is 5.83. The number of rotatable bonds is 8. The van der Waals surface area contributed by atoms with Crippen LogP contribution in [0.25, 0.3) is 0 Å². The van der Waals surface area contributed by atoms with Crippen molar-refractivity contribution in [3.63, 3.8) is 0 Å². The molecule has 0 spiro atoms. The summed E-state index contributed by atoms with van der Waals surface area (Å²) in [6.45, 7) is 2.31. The Kier molecular flexibility index (Phi) is 6.93. The maximum absolute atomic E-state index is 10.9. The molecule has 0 aliphatic rings. The van der Waals surface area contributed by atoms with Gasteiger partial charge in [0, 0.05) is 32.8 Å². The van der Waals surface area contributed by atoms with Gasteiger partial charge in [-0.15, -0.1) is 0 Å². The monoisotopic (exact) mass is 332 g/mol. The van der Waals surface area contributed by atoms with Crippen LogP contribution in [0.15, 0.2) is 22.7 Å². The molecular weight excluding hydrogens is 316 g/mol. The molecule has 0 saturated carbocycles. The molecule has 0 aliphatic carbocycles. The van der Waals surface area contributed by atoms with Crippen LogP contribution in [0.5, 0.6) is 0 Å². The van der Waals surface area contributed by atoms with E-state index >= 15 is 0 Å². The van der Waals surface area contributed by atoms with E-state index in [-0.39, 0.29) is 12.3 Å². The number of hydrogen-bond acceptors (Lipinski definition) is 5. The average molecular weight is 333 g/mol. The number of nitro benzene ring substituents is 1. The Balaban J connectivity index is 2.78. The summed E-state index contributed by atoms with van der Waals surface area (Å²) in [7, 11) is 1.61. The lowest BCUT2D eigenvalue weighted by molar-refractivity contribution is -0.385. The quantitative estimate of drug-likeness (QED) is 0.580. The van der Waals surface area contributed by atoms with Gasteiger partial charge < -0.3 is 9.84 Å². The van der Waals surface area contributed by atoms with Crippen molar-refractivity contribution in [3.8, 4) is 0 Å². The molecule has 0 atom stereocenters. The number of ether oxygens (including phenoxy) is 1. The number of nitrogens with zero attached hydrogens (tertiary/aromatic N) is 2. The van der Waals surface area contributed by atoms with E-state index in [4.69, 9.17) is 9.84 Å². The van der Waals surface area contributed by atoms with Crippen LogP contribution >= 0.6 is 15.9 Å². The van der Waals surface area contributed by atoms with Gasteiger partial charge in [-0.2, -0.15) is 0 Å². The smallest absolute Gasteiger partial charge is 0.283 e. The molecule has 1 aromatic rings. The molecule has 19 heavy (non-hydrogen) atoms.